The summed E-state index contributed by atoms with van der Waals surface area (Å²) in [6.07, 6.45) is 2.28. The molecule has 0 radical (unpaired) electrons. The second-order valence-corrected chi connectivity index (χ2v) is 3.47. The highest BCUT2D eigenvalue weighted by Crippen LogP contribution is 2.11. The summed E-state index contributed by atoms with van der Waals surface area (Å²) < 4.78 is 5.36. The Kier molecular flexibility index (Phi) is 4.04. The van der Waals surface area contributed by atoms with Gasteiger partial charge in [-0.25, -0.2) is 4.98 Å². The average Bonchev–Trinajstić information content (AvgIpc) is 2.45. The van der Waals surface area contributed by atoms with Gasteiger partial charge in [0.25, 0.3) is 0 Å². The molecule has 0 aromatic carbocycles. The van der Waals surface area contributed by atoms with Crippen LogP contribution in [0.25, 0.3) is 0 Å². The number of anilines is 1. The summed E-state index contributed by atoms with van der Waals surface area (Å²) in [5.74, 6) is 0. The average molecular weight is 186 g/mol. The lowest BCUT2D eigenvalue weighted by atomic mass is 10.4. The number of rotatable bonds is 5. The highest BCUT2D eigenvalue weighted by atomic mass is 32.1. The number of hydrogen-bond donors (Lipinski definition) is 1. The van der Waals surface area contributed by atoms with Crippen molar-refractivity contribution in [1.82, 2.24) is 4.98 Å². The molecule has 0 atom stereocenters. The molecule has 0 aliphatic heterocycles. The first kappa shape index (κ1) is 9.48. The van der Waals surface area contributed by atoms with Crippen LogP contribution in [0.5, 0.6) is 0 Å². The van der Waals surface area contributed by atoms with Crippen molar-refractivity contribution < 1.29 is 4.74 Å². The molecule has 0 saturated carbocycles. The van der Waals surface area contributed by atoms with Crippen molar-refractivity contribution in [1.29, 1.82) is 0 Å². The smallest absolute Gasteiger partial charge is 0.180 e. The van der Waals surface area contributed by atoms with Crippen molar-refractivity contribution in [3.05, 3.63) is 11.1 Å². The first-order chi connectivity index (χ1) is 5.83. The number of ether oxygens (including phenoxy) is 1. The van der Waals surface area contributed by atoms with Crippen LogP contribution >= 0.6 is 11.3 Å². The van der Waals surface area contributed by atoms with Crippen molar-refractivity contribution in [3.8, 4) is 0 Å². The Morgan fingerprint density at radius 2 is 2.50 bits per heavy atom. The normalized spacial score (nSPS) is 10.4. The van der Waals surface area contributed by atoms with Gasteiger partial charge >= 0.3 is 0 Å². The third-order valence-corrected chi connectivity index (χ3v) is 2.18. The van der Waals surface area contributed by atoms with E-state index in [9.17, 15) is 0 Å². The molecule has 1 rings (SSSR count). The number of thiazole rings is 1. The van der Waals surface area contributed by atoms with E-state index in [0.29, 0.717) is 11.7 Å². The maximum Gasteiger partial charge on any atom is 0.180 e. The number of aromatic nitrogens is 1. The fourth-order valence-corrected chi connectivity index (χ4v) is 1.36. The van der Waals surface area contributed by atoms with Crippen LogP contribution in [0.15, 0.2) is 5.38 Å². The van der Waals surface area contributed by atoms with Gasteiger partial charge in [0, 0.05) is 12.0 Å². The van der Waals surface area contributed by atoms with E-state index in [-0.39, 0.29) is 0 Å². The van der Waals surface area contributed by atoms with Crippen LogP contribution in [0.3, 0.4) is 0 Å². The van der Waals surface area contributed by atoms with Crippen LogP contribution in [0.1, 0.15) is 25.5 Å². The molecule has 0 aliphatic carbocycles. The third kappa shape index (κ3) is 3.19. The van der Waals surface area contributed by atoms with Crippen molar-refractivity contribution in [2.75, 3.05) is 12.3 Å². The number of hydrogen-bond acceptors (Lipinski definition) is 4. The minimum Gasteiger partial charge on any atom is -0.375 e. The summed E-state index contributed by atoms with van der Waals surface area (Å²) in [6, 6.07) is 0. The largest absolute Gasteiger partial charge is 0.375 e. The van der Waals surface area contributed by atoms with E-state index in [2.05, 4.69) is 11.9 Å². The van der Waals surface area contributed by atoms with Gasteiger partial charge in [-0.2, -0.15) is 0 Å². The molecular weight excluding hydrogens is 172 g/mol. The van der Waals surface area contributed by atoms with Gasteiger partial charge in [-0.1, -0.05) is 13.3 Å². The summed E-state index contributed by atoms with van der Waals surface area (Å²) in [5.41, 5.74) is 6.40. The lowest BCUT2D eigenvalue weighted by Gasteiger charge is -1.98. The molecule has 1 aromatic rings. The van der Waals surface area contributed by atoms with Gasteiger partial charge in [0.05, 0.1) is 12.3 Å². The van der Waals surface area contributed by atoms with Crippen molar-refractivity contribution >= 4 is 16.5 Å². The van der Waals surface area contributed by atoms with Crippen LogP contribution in [0.4, 0.5) is 5.13 Å². The predicted octanol–water partition coefficient (Wildman–Crippen LogP) is 2.04. The Balaban J connectivity index is 2.15. The number of unbranched alkanes of at least 4 members (excludes halogenated alkanes) is 1. The molecule has 2 N–H and O–H groups in total. The van der Waals surface area contributed by atoms with Crippen LogP contribution in [0.2, 0.25) is 0 Å². The Bertz CT molecular complexity index is 225. The van der Waals surface area contributed by atoms with Crippen LogP contribution in [-0.4, -0.2) is 11.6 Å². The fourth-order valence-electron chi connectivity index (χ4n) is 0.812. The van der Waals surface area contributed by atoms with Gasteiger partial charge < -0.3 is 10.5 Å². The minimum absolute atomic E-state index is 0.591. The van der Waals surface area contributed by atoms with E-state index >= 15 is 0 Å². The highest BCUT2D eigenvalue weighted by molar-refractivity contribution is 7.13. The summed E-state index contributed by atoms with van der Waals surface area (Å²) in [5, 5.41) is 2.55. The van der Waals surface area contributed by atoms with E-state index in [4.69, 9.17) is 10.5 Å². The quantitative estimate of drug-likeness (QED) is 0.716. The number of nitrogens with two attached hydrogens (primary N) is 1. The Morgan fingerprint density at radius 3 is 3.08 bits per heavy atom. The lowest BCUT2D eigenvalue weighted by Crippen LogP contribution is -1.95. The molecular formula is C8H14N2OS. The van der Waals surface area contributed by atoms with Gasteiger partial charge in [0.1, 0.15) is 0 Å². The van der Waals surface area contributed by atoms with Gasteiger partial charge in [-0.05, 0) is 6.42 Å². The van der Waals surface area contributed by atoms with Crippen molar-refractivity contribution in [3.63, 3.8) is 0 Å². The molecule has 68 valence electrons. The fraction of sp³-hybridized carbons (Fsp3) is 0.625. The number of nitrogen functional groups attached to an aromatic ring is 1. The van der Waals surface area contributed by atoms with Crippen molar-refractivity contribution in [2.24, 2.45) is 0 Å². The Hall–Kier alpha value is -0.610. The number of nitrogens with zero attached hydrogens (tertiary/aromatic N) is 1. The molecule has 0 amide bonds. The predicted molar refractivity (Wildman–Crippen MR) is 51.1 cm³/mol. The molecule has 12 heavy (non-hydrogen) atoms. The van der Waals surface area contributed by atoms with Crippen molar-refractivity contribution in [2.45, 2.75) is 26.4 Å². The molecule has 1 aromatic heterocycles. The highest BCUT2D eigenvalue weighted by Gasteiger charge is 1.97. The minimum atomic E-state index is 0.591. The summed E-state index contributed by atoms with van der Waals surface area (Å²) in [7, 11) is 0. The van der Waals surface area contributed by atoms with E-state index in [1.165, 1.54) is 17.8 Å². The molecule has 4 heteroatoms. The Morgan fingerprint density at radius 1 is 1.67 bits per heavy atom. The van der Waals surface area contributed by atoms with Gasteiger partial charge in [-0.15, -0.1) is 11.3 Å². The van der Waals surface area contributed by atoms with E-state index in [0.717, 1.165) is 18.7 Å². The molecule has 0 fully saturated rings. The second kappa shape index (κ2) is 5.11. The third-order valence-electron chi connectivity index (χ3n) is 1.46. The van der Waals surface area contributed by atoms with Gasteiger partial charge in [0.2, 0.25) is 0 Å². The summed E-state index contributed by atoms with van der Waals surface area (Å²) >= 11 is 1.45. The van der Waals surface area contributed by atoms with Crippen LogP contribution < -0.4 is 5.73 Å². The first-order valence-corrected chi connectivity index (χ1v) is 4.98. The molecule has 0 unspecified atom stereocenters. The zero-order valence-electron chi connectivity index (χ0n) is 7.25. The second-order valence-electron chi connectivity index (χ2n) is 2.58. The van der Waals surface area contributed by atoms with Gasteiger partial charge in [-0.3, -0.25) is 0 Å². The molecule has 0 bridgehead atoms. The zero-order valence-corrected chi connectivity index (χ0v) is 8.06. The molecule has 3 nitrogen and oxygen atoms in total. The van der Waals surface area contributed by atoms with Gasteiger partial charge in [0.15, 0.2) is 5.13 Å². The zero-order chi connectivity index (χ0) is 8.81. The lowest BCUT2D eigenvalue weighted by molar-refractivity contribution is 0.116. The molecule has 0 saturated heterocycles. The summed E-state index contributed by atoms with van der Waals surface area (Å²) in [6.45, 7) is 3.55. The van der Waals surface area contributed by atoms with E-state index in [1.807, 2.05) is 5.38 Å². The van der Waals surface area contributed by atoms with E-state index in [1.54, 1.807) is 0 Å². The van der Waals surface area contributed by atoms with E-state index < -0.39 is 0 Å². The molecule has 0 aliphatic rings. The summed E-state index contributed by atoms with van der Waals surface area (Å²) in [4.78, 5) is 4.08. The SMILES string of the molecule is CCCCOCc1csc(N)n1. The van der Waals surface area contributed by atoms with Crippen LogP contribution in [-0.2, 0) is 11.3 Å². The standard InChI is InChI=1S/C8H14N2OS/c1-2-3-4-11-5-7-6-12-8(9)10-7/h6H,2-5H2,1H3,(H2,9,10). The Labute approximate surface area is 76.6 Å². The topological polar surface area (TPSA) is 48.1 Å². The van der Waals surface area contributed by atoms with Crippen LogP contribution in [0, 0.1) is 0 Å². The maximum atomic E-state index is 5.46. The monoisotopic (exact) mass is 186 g/mol. The molecule has 0 spiro atoms. The molecule has 1 heterocycles. The first-order valence-electron chi connectivity index (χ1n) is 4.10. The maximum absolute atomic E-state index is 5.46.